The zero-order chi connectivity index (χ0) is 21.3. The molecule has 2 amide bonds. The number of carbonyl (C=O) groups is 2. The number of aliphatic imine (C=N–C) groups is 1. The van der Waals surface area contributed by atoms with Gasteiger partial charge < -0.3 is 20.9 Å². The van der Waals surface area contributed by atoms with Gasteiger partial charge in [0.15, 0.2) is 5.96 Å². The molecule has 2 heterocycles. The van der Waals surface area contributed by atoms with Crippen LogP contribution < -0.4 is 16.0 Å². The van der Waals surface area contributed by atoms with Crippen molar-refractivity contribution in [1.29, 1.82) is 0 Å². The van der Waals surface area contributed by atoms with E-state index in [9.17, 15) is 9.59 Å². The molecule has 1 aromatic heterocycles. The van der Waals surface area contributed by atoms with Crippen LogP contribution in [0.2, 0.25) is 0 Å². The number of hydrogen-bond donors (Lipinski definition) is 3. The smallest absolute Gasteiger partial charge is 0.254 e. The van der Waals surface area contributed by atoms with E-state index in [1.54, 1.807) is 28.4 Å². The molecule has 0 spiro atoms. The van der Waals surface area contributed by atoms with Gasteiger partial charge in [0.25, 0.3) is 5.91 Å². The molecular formula is C22H29N5O2S. The first-order valence-electron chi connectivity index (χ1n) is 10.3. The molecule has 2 aromatic rings. The fraction of sp³-hybridized carbons (Fsp3) is 0.409. The molecule has 7 nitrogen and oxygen atoms in total. The van der Waals surface area contributed by atoms with Crippen molar-refractivity contribution in [3.63, 3.8) is 0 Å². The molecule has 1 saturated heterocycles. The van der Waals surface area contributed by atoms with Gasteiger partial charge >= 0.3 is 0 Å². The highest BCUT2D eigenvalue weighted by Crippen LogP contribution is 2.19. The molecule has 30 heavy (non-hydrogen) atoms. The van der Waals surface area contributed by atoms with Crippen LogP contribution >= 0.6 is 11.3 Å². The number of nitrogens with one attached hydrogen (secondary N) is 3. The van der Waals surface area contributed by atoms with E-state index >= 15 is 0 Å². The number of hydrogen-bond acceptors (Lipinski definition) is 4. The third kappa shape index (κ3) is 6.06. The molecule has 3 rings (SSSR count). The van der Waals surface area contributed by atoms with Gasteiger partial charge in [0.05, 0.1) is 13.1 Å². The average molecular weight is 428 g/mol. The van der Waals surface area contributed by atoms with Gasteiger partial charge in [0, 0.05) is 42.5 Å². The number of benzene rings is 1. The van der Waals surface area contributed by atoms with Crippen LogP contribution in [0.1, 0.15) is 40.6 Å². The minimum absolute atomic E-state index is 0.113. The number of piperazine rings is 1. The Bertz CT molecular complexity index is 864. The topological polar surface area (TPSA) is 85.8 Å². The van der Waals surface area contributed by atoms with Crippen LogP contribution in [0.4, 0.5) is 0 Å². The Labute approximate surface area is 181 Å². The Morgan fingerprint density at radius 2 is 2.07 bits per heavy atom. The van der Waals surface area contributed by atoms with Crippen LogP contribution in [0.15, 0.2) is 46.8 Å². The van der Waals surface area contributed by atoms with Gasteiger partial charge in [-0.25, -0.2) is 4.99 Å². The van der Waals surface area contributed by atoms with Crippen molar-refractivity contribution in [1.82, 2.24) is 20.9 Å². The first-order valence-corrected chi connectivity index (χ1v) is 11.1. The van der Waals surface area contributed by atoms with Crippen LogP contribution in [0, 0.1) is 0 Å². The van der Waals surface area contributed by atoms with E-state index in [1.165, 1.54) is 4.88 Å². The van der Waals surface area contributed by atoms with Crippen molar-refractivity contribution >= 4 is 29.1 Å². The predicted molar refractivity (Wildman–Crippen MR) is 121 cm³/mol. The monoisotopic (exact) mass is 427 g/mol. The summed E-state index contributed by atoms with van der Waals surface area (Å²) in [5.74, 6) is 0.964. The first kappa shape index (κ1) is 21.8. The fourth-order valence-corrected chi connectivity index (χ4v) is 3.97. The highest BCUT2D eigenvalue weighted by atomic mass is 32.1. The molecule has 0 saturated carbocycles. The molecule has 1 aliphatic rings. The Balaban J connectivity index is 1.56. The summed E-state index contributed by atoms with van der Waals surface area (Å²) in [6, 6.07) is 11.7. The van der Waals surface area contributed by atoms with E-state index < -0.39 is 0 Å². The number of guanidine groups is 1. The molecule has 3 N–H and O–H groups in total. The fourth-order valence-electron chi connectivity index (χ4n) is 3.18. The number of amides is 2. The minimum Gasteiger partial charge on any atom is -0.357 e. The maximum absolute atomic E-state index is 12.6. The molecule has 1 unspecified atom stereocenters. The lowest BCUT2D eigenvalue weighted by Gasteiger charge is -2.26. The van der Waals surface area contributed by atoms with E-state index in [2.05, 4.69) is 45.4 Å². The third-order valence-corrected chi connectivity index (χ3v) is 6.00. The maximum atomic E-state index is 12.6. The van der Waals surface area contributed by atoms with E-state index in [0.717, 1.165) is 24.6 Å². The lowest BCUT2D eigenvalue weighted by molar-refractivity contribution is -0.123. The van der Waals surface area contributed by atoms with E-state index in [0.29, 0.717) is 31.1 Å². The first-order chi connectivity index (χ1) is 14.6. The number of carbonyl (C=O) groups excluding carboxylic acids is 2. The Morgan fingerprint density at radius 1 is 1.27 bits per heavy atom. The molecule has 1 aliphatic heterocycles. The SMILES string of the molecule is CCNC(=NCc1ccc(C(=O)N2CCNC(=O)C2)cc1)NCC(C)c1cccs1. The van der Waals surface area contributed by atoms with Crippen LogP contribution in [0.3, 0.4) is 0 Å². The zero-order valence-corrected chi connectivity index (χ0v) is 18.3. The number of rotatable bonds is 7. The van der Waals surface area contributed by atoms with Crippen LogP contribution in [-0.4, -0.2) is 55.4 Å². The summed E-state index contributed by atoms with van der Waals surface area (Å²) in [4.78, 5) is 31.6. The summed E-state index contributed by atoms with van der Waals surface area (Å²) in [5.41, 5.74) is 1.61. The van der Waals surface area contributed by atoms with Crippen molar-refractivity contribution in [3.8, 4) is 0 Å². The average Bonchev–Trinajstić information content (AvgIpc) is 3.30. The molecule has 0 radical (unpaired) electrons. The maximum Gasteiger partial charge on any atom is 0.254 e. The van der Waals surface area contributed by atoms with Gasteiger partial charge in [0.2, 0.25) is 5.91 Å². The standard InChI is InChI=1S/C22H29N5O2S/c1-3-23-22(25-13-16(2)19-5-4-12-30-19)26-14-17-6-8-18(9-7-17)21(29)27-11-10-24-20(28)15-27/h4-9,12,16H,3,10-11,13-15H2,1-2H3,(H,24,28)(H2,23,25,26). The third-order valence-electron chi connectivity index (χ3n) is 4.90. The van der Waals surface area contributed by atoms with Crippen molar-refractivity contribution in [3.05, 3.63) is 57.8 Å². The molecule has 1 aromatic carbocycles. The highest BCUT2D eigenvalue weighted by Gasteiger charge is 2.22. The van der Waals surface area contributed by atoms with E-state index in [1.807, 2.05) is 19.1 Å². The van der Waals surface area contributed by atoms with Gasteiger partial charge in [-0.05, 0) is 36.1 Å². The molecule has 0 aliphatic carbocycles. The number of thiophene rings is 1. The highest BCUT2D eigenvalue weighted by molar-refractivity contribution is 7.10. The van der Waals surface area contributed by atoms with Crippen LogP contribution in [0.25, 0.3) is 0 Å². The summed E-state index contributed by atoms with van der Waals surface area (Å²) in [5, 5.41) is 11.5. The molecule has 1 atom stereocenters. The molecule has 160 valence electrons. The second kappa shape index (κ2) is 10.8. The van der Waals surface area contributed by atoms with Gasteiger partial charge in [-0.1, -0.05) is 25.1 Å². The van der Waals surface area contributed by atoms with E-state index in [4.69, 9.17) is 0 Å². The molecule has 1 fully saturated rings. The second-order valence-electron chi connectivity index (χ2n) is 7.27. The lowest BCUT2D eigenvalue weighted by Crippen LogP contribution is -2.49. The largest absolute Gasteiger partial charge is 0.357 e. The van der Waals surface area contributed by atoms with Gasteiger partial charge in [-0.3, -0.25) is 9.59 Å². The summed E-state index contributed by atoms with van der Waals surface area (Å²) in [6.45, 7) is 7.52. The summed E-state index contributed by atoms with van der Waals surface area (Å²) >= 11 is 1.77. The van der Waals surface area contributed by atoms with Crippen LogP contribution in [0.5, 0.6) is 0 Å². The van der Waals surface area contributed by atoms with Gasteiger partial charge in [-0.2, -0.15) is 0 Å². The predicted octanol–water partition coefficient (Wildman–Crippen LogP) is 2.18. The van der Waals surface area contributed by atoms with Crippen molar-refractivity contribution < 1.29 is 9.59 Å². The Morgan fingerprint density at radius 3 is 2.73 bits per heavy atom. The molecular weight excluding hydrogens is 398 g/mol. The quantitative estimate of drug-likeness (QED) is 0.467. The second-order valence-corrected chi connectivity index (χ2v) is 8.25. The summed E-state index contributed by atoms with van der Waals surface area (Å²) in [7, 11) is 0. The van der Waals surface area contributed by atoms with E-state index in [-0.39, 0.29) is 18.4 Å². The molecule has 8 heteroatoms. The van der Waals surface area contributed by atoms with Crippen LogP contribution in [-0.2, 0) is 11.3 Å². The normalized spacial score (nSPS) is 15.5. The van der Waals surface area contributed by atoms with Crippen molar-refractivity contribution in [2.45, 2.75) is 26.3 Å². The zero-order valence-electron chi connectivity index (χ0n) is 17.5. The number of nitrogens with zero attached hydrogens (tertiary/aromatic N) is 2. The van der Waals surface area contributed by atoms with Crippen molar-refractivity contribution in [2.75, 3.05) is 32.7 Å². The molecule has 0 bridgehead atoms. The van der Waals surface area contributed by atoms with Gasteiger partial charge in [-0.15, -0.1) is 11.3 Å². The summed E-state index contributed by atoms with van der Waals surface area (Å²) in [6.07, 6.45) is 0. The van der Waals surface area contributed by atoms with Gasteiger partial charge in [0.1, 0.15) is 0 Å². The Hall–Kier alpha value is -2.87. The van der Waals surface area contributed by atoms with Crippen molar-refractivity contribution in [2.24, 2.45) is 4.99 Å². The summed E-state index contributed by atoms with van der Waals surface area (Å²) < 4.78 is 0. The minimum atomic E-state index is -0.114. The lowest BCUT2D eigenvalue weighted by atomic mass is 10.1. The Kier molecular flexibility index (Phi) is 7.84.